The molecule has 0 radical (unpaired) electrons. The molecule has 1 saturated carbocycles. The Morgan fingerprint density at radius 1 is 1.32 bits per heavy atom. The fraction of sp³-hybridized carbons (Fsp3) is 0.538. The summed E-state index contributed by atoms with van der Waals surface area (Å²) in [5.41, 5.74) is 5.94. The van der Waals surface area contributed by atoms with E-state index in [0.29, 0.717) is 11.7 Å². The highest BCUT2D eigenvalue weighted by Crippen LogP contribution is 2.34. The number of aromatic nitrogens is 2. The fourth-order valence-corrected chi connectivity index (χ4v) is 3.59. The maximum Gasteiger partial charge on any atom is 0.227 e. The van der Waals surface area contributed by atoms with Crippen molar-refractivity contribution in [2.45, 2.75) is 44.1 Å². The predicted octanol–water partition coefficient (Wildman–Crippen LogP) is 3.30. The fourth-order valence-electron chi connectivity index (χ4n) is 2.50. The standard InChI is InChI=1S/C13H16ClN3OS/c14-10-5-3-9(19-10)4-6-11-16-12(17-18-11)13(15)7-1-2-8-13/h3,5H,1-2,4,6-8,15H2. The second kappa shape index (κ2) is 5.23. The molecule has 0 saturated heterocycles. The van der Waals surface area contributed by atoms with Gasteiger partial charge in [0.05, 0.1) is 9.88 Å². The van der Waals surface area contributed by atoms with Crippen LogP contribution in [0.3, 0.4) is 0 Å². The van der Waals surface area contributed by atoms with Crippen LogP contribution in [-0.4, -0.2) is 10.1 Å². The molecule has 2 N–H and O–H groups in total. The summed E-state index contributed by atoms with van der Waals surface area (Å²) in [6.07, 6.45) is 5.80. The second-order valence-corrected chi connectivity index (χ2v) is 6.88. The molecule has 0 bridgehead atoms. The van der Waals surface area contributed by atoms with Gasteiger partial charge in [-0.2, -0.15) is 4.98 Å². The lowest BCUT2D eigenvalue weighted by Gasteiger charge is -2.17. The number of rotatable bonds is 4. The first-order valence-corrected chi connectivity index (χ1v) is 7.71. The largest absolute Gasteiger partial charge is 0.339 e. The Kier molecular flexibility index (Phi) is 3.60. The molecule has 0 aromatic carbocycles. The molecule has 102 valence electrons. The van der Waals surface area contributed by atoms with E-state index in [1.165, 1.54) is 4.88 Å². The van der Waals surface area contributed by atoms with Gasteiger partial charge < -0.3 is 10.3 Å². The van der Waals surface area contributed by atoms with Gasteiger partial charge in [0.25, 0.3) is 0 Å². The molecule has 0 unspecified atom stereocenters. The van der Waals surface area contributed by atoms with Gasteiger partial charge in [0, 0.05) is 11.3 Å². The van der Waals surface area contributed by atoms with Crippen molar-refractivity contribution in [1.29, 1.82) is 0 Å². The van der Waals surface area contributed by atoms with Gasteiger partial charge >= 0.3 is 0 Å². The third-order valence-electron chi connectivity index (χ3n) is 3.62. The summed E-state index contributed by atoms with van der Waals surface area (Å²) in [5, 5.41) is 4.05. The predicted molar refractivity (Wildman–Crippen MR) is 75.4 cm³/mol. The van der Waals surface area contributed by atoms with Crippen LogP contribution < -0.4 is 5.73 Å². The van der Waals surface area contributed by atoms with Crippen LogP contribution in [0, 0.1) is 0 Å². The summed E-state index contributed by atoms with van der Waals surface area (Å²) >= 11 is 7.49. The van der Waals surface area contributed by atoms with Crippen molar-refractivity contribution in [1.82, 2.24) is 10.1 Å². The maximum atomic E-state index is 6.30. The molecule has 0 aliphatic heterocycles. The average molecular weight is 298 g/mol. The lowest BCUT2D eigenvalue weighted by molar-refractivity contribution is 0.348. The summed E-state index contributed by atoms with van der Waals surface area (Å²) in [5.74, 6) is 1.33. The molecular formula is C13H16ClN3OS. The van der Waals surface area contributed by atoms with Crippen molar-refractivity contribution >= 4 is 22.9 Å². The quantitative estimate of drug-likeness (QED) is 0.940. The smallest absolute Gasteiger partial charge is 0.227 e. The third-order valence-corrected chi connectivity index (χ3v) is 4.91. The molecule has 4 nitrogen and oxygen atoms in total. The number of hydrogen-bond donors (Lipinski definition) is 1. The summed E-state index contributed by atoms with van der Waals surface area (Å²) in [6.45, 7) is 0. The Morgan fingerprint density at radius 3 is 2.79 bits per heavy atom. The summed E-state index contributed by atoms with van der Waals surface area (Å²) < 4.78 is 6.11. The van der Waals surface area contributed by atoms with Gasteiger partial charge in [0.15, 0.2) is 5.82 Å². The summed E-state index contributed by atoms with van der Waals surface area (Å²) in [4.78, 5) is 5.68. The Labute approximate surface area is 121 Å². The highest BCUT2D eigenvalue weighted by Gasteiger charge is 2.35. The van der Waals surface area contributed by atoms with Crippen LogP contribution in [0.25, 0.3) is 0 Å². The summed E-state index contributed by atoms with van der Waals surface area (Å²) in [7, 11) is 0. The van der Waals surface area contributed by atoms with Crippen LogP contribution in [0.2, 0.25) is 4.34 Å². The van der Waals surface area contributed by atoms with Crippen molar-refractivity contribution in [2.24, 2.45) is 5.73 Å². The van der Waals surface area contributed by atoms with Crippen LogP contribution >= 0.6 is 22.9 Å². The Morgan fingerprint density at radius 2 is 2.11 bits per heavy atom. The van der Waals surface area contributed by atoms with Crippen LogP contribution in [0.1, 0.15) is 42.3 Å². The van der Waals surface area contributed by atoms with Gasteiger partial charge in [-0.3, -0.25) is 0 Å². The molecule has 1 fully saturated rings. The average Bonchev–Trinajstić information content (AvgIpc) is 3.08. The minimum atomic E-state index is -0.367. The molecule has 0 atom stereocenters. The normalized spacial score (nSPS) is 18.0. The molecule has 2 heterocycles. The van der Waals surface area contributed by atoms with E-state index in [0.717, 1.165) is 42.9 Å². The molecule has 3 rings (SSSR count). The number of aryl methyl sites for hydroxylation is 2. The van der Waals surface area contributed by atoms with Gasteiger partial charge in [-0.25, -0.2) is 0 Å². The molecule has 1 aliphatic rings. The second-order valence-electron chi connectivity index (χ2n) is 5.08. The molecule has 19 heavy (non-hydrogen) atoms. The minimum absolute atomic E-state index is 0.367. The first-order chi connectivity index (χ1) is 9.16. The third kappa shape index (κ3) is 2.83. The molecule has 0 amide bonds. The van der Waals surface area contributed by atoms with E-state index < -0.39 is 0 Å². The number of thiophene rings is 1. The zero-order chi connectivity index (χ0) is 13.3. The van der Waals surface area contributed by atoms with Crippen LogP contribution in [0.5, 0.6) is 0 Å². The number of nitrogens with zero attached hydrogens (tertiary/aromatic N) is 2. The van der Waals surface area contributed by atoms with E-state index >= 15 is 0 Å². The van der Waals surface area contributed by atoms with Crippen molar-refractivity contribution in [3.8, 4) is 0 Å². The number of halogens is 1. The van der Waals surface area contributed by atoms with Crippen LogP contribution in [-0.2, 0) is 18.4 Å². The number of hydrogen-bond acceptors (Lipinski definition) is 5. The van der Waals surface area contributed by atoms with Crippen LogP contribution in [0.4, 0.5) is 0 Å². The lowest BCUT2D eigenvalue weighted by Crippen LogP contribution is -2.34. The first-order valence-electron chi connectivity index (χ1n) is 6.52. The van der Waals surface area contributed by atoms with E-state index in [1.807, 2.05) is 12.1 Å². The van der Waals surface area contributed by atoms with E-state index in [9.17, 15) is 0 Å². The Bertz CT molecular complexity index is 560. The first kappa shape index (κ1) is 13.1. The van der Waals surface area contributed by atoms with Crippen LogP contribution in [0.15, 0.2) is 16.7 Å². The monoisotopic (exact) mass is 297 g/mol. The van der Waals surface area contributed by atoms with E-state index in [1.54, 1.807) is 11.3 Å². The molecule has 2 aromatic rings. The van der Waals surface area contributed by atoms with Crippen molar-refractivity contribution in [3.63, 3.8) is 0 Å². The highest BCUT2D eigenvalue weighted by molar-refractivity contribution is 7.16. The van der Waals surface area contributed by atoms with E-state index in [2.05, 4.69) is 10.1 Å². The maximum absolute atomic E-state index is 6.30. The topological polar surface area (TPSA) is 64.9 Å². The molecular weight excluding hydrogens is 282 g/mol. The zero-order valence-electron chi connectivity index (χ0n) is 10.6. The van der Waals surface area contributed by atoms with E-state index in [-0.39, 0.29) is 5.54 Å². The molecule has 0 spiro atoms. The molecule has 1 aliphatic carbocycles. The van der Waals surface area contributed by atoms with Crippen molar-refractivity contribution < 1.29 is 4.52 Å². The minimum Gasteiger partial charge on any atom is -0.339 e. The highest BCUT2D eigenvalue weighted by atomic mass is 35.5. The van der Waals surface area contributed by atoms with Gasteiger partial charge in [0.1, 0.15) is 0 Å². The van der Waals surface area contributed by atoms with Crippen molar-refractivity contribution in [2.75, 3.05) is 0 Å². The van der Waals surface area contributed by atoms with Gasteiger partial charge in [-0.15, -0.1) is 11.3 Å². The Balaban J connectivity index is 1.65. The molecule has 6 heteroatoms. The van der Waals surface area contributed by atoms with E-state index in [4.69, 9.17) is 21.9 Å². The van der Waals surface area contributed by atoms with Gasteiger partial charge in [-0.05, 0) is 31.4 Å². The lowest BCUT2D eigenvalue weighted by atomic mass is 9.99. The molecule has 2 aromatic heterocycles. The number of nitrogens with two attached hydrogens (primary N) is 1. The van der Waals surface area contributed by atoms with Gasteiger partial charge in [0.2, 0.25) is 5.89 Å². The van der Waals surface area contributed by atoms with Gasteiger partial charge in [-0.1, -0.05) is 29.6 Å². The Hall–Kier alpha value is -0.910. The zero-order valence-corrected chi connectivity index (χ0v) is 12.1. The summed E-state index contributed by atoms with van der Waals surface area (Å²) in [6, 6.07) is 3.94. The van der Waals surface area contributed by atoms with Crippen molar-refractivity contribution in [3.05, 3.63) is 33.1 Å². The SMILES string of the molecule is NC1(c2noc(CCc3ccc(Cl)s3)n2)CCCC1.